The number of hydrogen-bond acceptors (Lipinski definition) is 2. The first kappa shape index (κ1) is 16.1. The summed E-state index contributed by atoms with van der Waals surface area (Å²) in [6.45, 7) is 9.15. The van der Waals surface area contributed by atoms with Crippen LogP contribution in [0.3, 0.4) is 0 Å². The van der Waals surface area contributed by atoms with Crippen molar-refractivity contribution in [3.63, 3.8) is 0 Å². The molecule has 0 amide bonds. The Morgan fingerprint density at radius 2 is 1.79 bits per heavy atom. The van der Waals surface area contributed by atoms with E-state index in [-0.39, 0.29) is 0 Å². The molecule has 108 valence electrons. The van der Waals surface area contributed by atoms with Gasteiger partial charge in [0.1, 0.15) is 0 Å². The van der Waals surface area contributed by atoms with Gasteiger partial charge in [0.15, 0.2) is 11.6 Å². The van der Waals surface area contributed by atoms with E-state index in [0.717, 1.165) is 44.6 Å². The molecule has 0 aliphatic rings. The molecule has 0 fully saturated rings. The van der Waals surface area contributed by atoms with Crippen LogP contribution in [0, 0.1) is 11.6 Å². The summed E-state index contributed by atoms with van der Waals surface area (Å²) in [5.74, 6) is -1.57. The Labute approximate surface area is 114 Å². The summed E-state index contributed by atoms with van der Waals surface area (Å²) in [6.07, 6.45) is 2.26. The molecule has 2 nitrogen and oxygen atoms in total. The van der Waals surface area contributed by atoms with Gasteiger partial charge in [-0.25, -0.2) is 8.78 Å². The minimum absolute atomic E-state index is 0.586. The molecule has 0 heterocycles. The molecule has 1 aromatic carbocycles. The molecule has 0 spiro atoms. The number of halogens is 2. The van der Waals surface area contributed by atoms with Gasteiger partial charge in [0, 0.05) is 6.54 Å². The molecule has 0 radical (unpaired) electrons. The van der Waals surface area contributed by atoms with Gasteiger partial charge in [-0.15, -0.1) is 0 Å². The summed E-state index contributed by atoms with van der Waals surface area (Å²) in [5, 5.41) is 3.25. The Kier molecular flexibility index (Phi) is 7.60. The maximum atomic E-state index is 13.0. The molecular weight excluding hydrogens is 246 g/mol. The topological polar surface area (TPSA) is 15.3 Å². The largest absolute Gasteiger partial charge is 0.313 e. The van der Waals surface area contributed by atoms with Crippen LogP contribution in [0.5, 0.6) is 0 Å². The molecule has 19 heavy (non-hydrogen) atoms. The van der Waals surface area contributed by atoms with Crippen LogP contribution in [0.15, 0.2) is 18.2 Å². The van der Waals surface area contributed by atoms with Crippen LogP contribution < -0.4 is 5.32 Å². The van der Waals surface area contributed by atoms with Gasteiger partial charge in [0.05, 0.1) is 0 Å². The smallest absolute Gasteiger partial charge is 0.159 e. The van der Waals surface area contributed by atoms with Crippen LogP contribution >= 0.6 is 0 Å². The second-order valence-corrected chi connectivity index (χ2v) is 4.66. The SMILES string of the molecule is CCN(CC)CCCCNCc1ccc(F)c(F)c1. The fraction of sp³-hybridized carbons (Fsp3) is 0.600. The zero-order valence-electron chi connectivity index (χ0n) is 11.9. The molecule has 0 unspecified atom stereocenters. The van der Waals surface area contributed by atoms with Crippen LogP contribution in [0.25, 0.3) is 0 Å². The summed E-state index contributed by atoms with van der Waals surface area (Å²) >= 11 is 0. The van der Waals surface area contributed by atoms with Gasteiger partial charge in [-0.2, -0.15) is 0 Å². The Morgan fingerprint density at radius 1 is 1.05 bits per heavy atom. The predicted octanol–water partition coefficient (Wildman–Crippen LogP) is 3.18. The first-order valence-corrected chi connectivity index (χ1v) is 7.04. The summed E-state index contributed by atoms with van der Waals surface area (Å²) in [4.78, 5) is 2.40. The summed E-state index contributed by atoms with van der Waals surface area (Å²) in [5.41, 5.74) is 0.780. The molecule has 0 aromatic heterocycles. The molecule has 1 rings (SSSR count). The highest BCUT2D eigenvalue weighted by atomic mass is 19.2. The van der Waals surface area contributed by atoms with Crippen molar-refractivity contribution >= 4 is 0 Å². The molecule has 4 heteroatoms. The van der Waals surface area contributed by atoms with Crippen molar-refractivity contribution in [3.8, 4) is 0 Å². The Balaban J connectivity index is 2.12. The van der Waals surface area contributed by atoms with E-state index >= 15 is 0 Å². The van der Waals surface area contributed by atoms with E-state index < -0.39 is 11.6 Å². The zero-order valence-corrected chi connectivity index (χ0v) is 11.9. The maximum absolute atomic E-state index is 13.0. The molecule has 0 saturated carbocycles. The first-order chi connectivity index (χ1) is 9.17. The highest BCUT2D eigenvalue weighted by Crippen LogP contribution is 2.08. The molecule has 0 aliphatic heterocycles. The average molecular weight is 270 g/mol. The van der Waals surface area contributed by atoms with Crippen molar-refractivity contribution in [2.75, 3.05) is 26.2 Å². The lowest BCUT2D eigenvalue weighted by Crippen LogP contribution is -2.25. The summed E-state index contributed by atoms with van der Waals surface area (Å²) in [6, 6.07) is 4.03. The highest BCUT2D eigenvalue weighted by Gasteiger charge is 2.02. The minimum Gasteiger partial charge on any atom is -0.313 e. The van der Waals surface area contributed by atoms with E-state index in [9.17, 15) is 8.78 Å². The van der Waals surface area contributed by atoms with Crippen molar-refractivity contribution in [2.24, 2.45) is 0 Å². The molecule has 0 aliphatic carbocycles. The summed E-state index contributed by atoms with van der Waals surface area (Å²) in [7, 11) is 0. The minimum atomic E-state index is -0.789. The van der Waals surface area contributed by atoms with Gasteiger partial charge in [0.25, 0.3) is 0 Å². The summed E-state index contributed by atoms with van der Waals surface area (Å²) < 4.78 is 25.7. The number of unbranched alkanes of at least 4 members (excludes halogenated alkanes) is 1. The molecular formula is C15H24F2N2. The van der Waals surface area contributed by atoms with Crippen molar-refractivity contribution in [1.29, 1.82) is 0 Å². The van der Waals surface area contributed by atoms with Crippen LogP contribution in [-0.4, -0.2) is 31.1 Å². The molecule has 1 N–H and O–H groups in total. The van der Waals surface area contributed by atoms with Crippen LogP contribution in [0.1, 0.15) is 32.3 Å². The number of nitrogens with one attached hydrogen (secondary N) is 1. The van der Waals surface area contributed by atoms with Crippen LogP contribution in [-0.2, 0) is 6.54 Å². The van der Waals surface area contributed by atoms with Crippen LogP contribution in [0.2, 0.25) is 0 Å². The van der Waals surface area contributed by atoms with Gasteiger partial charge >= 0.3 is 0 Å². The lowest BCUT2D eigenvalue weighted by atomic mass is 10.2. The lowest BCUT2D eigenvalue weighted by molar-refractivity contribution is 0.296. The van der Waals surface area contributed by atoms with Gasteiger partial charge in [0.2, 0.25) is 0 Å². The number of hydrogen-bond donors (Lipinski definition) is 1. The third-order valence-corrected chi connectivity index (χ3v) is 3.29. The monoisotopic (exact) mass is 270 g/mol. The Morgan fingerprint density at radius 3 is 2.42 bits per heavy atom. The highest BCUT2D eigenvalue weighted by molar-refractivity contribution is 5.17. The van der Waals surface area contributed by atoms with Gasteiger partial charge in [-0.1, -0.05) is 19.9 Å². The fourth-order valence-electron chi connectivity index (χ4n) is 2.01. The van der Waals surface area contributed by atoms with E-state index in [1.54, 1.807) is 6.07 Å². The van der Waals surface area contributed by atoms with Crippen molar-refractivity contribution in [3.05, 3.63) is 35.4 Å². The molecule has 0 bridgehead atoms. The van der Waals surface area contributed by atoms with E-state index in [2.05, 4.69) is 24.1 Å². The predicted molar refractivity (Wildman–Crippen MR) is 75.1 cm³/mol. The van der Waals surface area contributed by atoms with Crippen molar-refractivity contribution in [1.82, 2.24) is 10.2 Å². The third-order valence-electron chi connectivity index (χ3n) is 3.29. The quantitative estimate of drug-likeness (QED) is 0.693. The fourth-order valence-corrected chi connectivity index (χ4v) is 2.01. The van der Waals surface area contributed by atoms with Crippen molar-refractivity contribution in [2.45, 2.75) is 33.2 Å². The zero-order chi connectivity index (χ0) is 14.1. The maximum Gasteiger partial charge on any atom is 0.159 e. The van der Waals surface area contributed by atoms with E-state index in [0.29, 0.717) is 6.54 Å². The lowest BCUT2D eigenvalue weighted by Gasteiger charge is -2.17. The van der Waals surface area contributed by atoms with E-state index in [4.69, 9.17) is 0 Å². The number of rotatable bonds is 9. The molecule has 0 atom stereocenters. The number of nitrogens with zero attached hydrogens (tertiary/aromatic N) is 1. The second kappa shape index (κ2) is 8.99. The third kappa shape index (κ3) is 6.12. The Hall–Kier alpha value is -1.00. The Bertz CT molecular complexity index is 365. The van der Waals surface area contributed by atoms with Gasteiger partial charge < -0.3 is 10.2 Å². The first-order valence-electron chi connectivity index (χ1n) is 7.04. The van der Waals surface area contributed by atoms with Gasteiger partial charge in [-0.3, -0.25) is 0 Å². The molecule has 1 aromatic rings. The van der Waals surface area contributed by atoms with Gasteiger partial charge in [-0.05, 0) is 56.7 Å². The molecule has 0 saturated heterocycles. The second-order valence-electron chi connectivity index (χ2n) is 4.66. The number of benzene rings is 1. The normalized spacial score (nSPS) is 11.2. The van der Waals surface area contributed by atoms with E-state index in [1.807, 2.05) is 0 Å². The standard InChI is InChI=1S/C15H24F2N2/c1-3-19(4-2)10-6-5-9-18-12-13-7-8-14(16)15(17)11-13/h7-8,11,18H,3-6,9-10,12H2,1-2H3. The van der Waals surface area contributed by atoms with Crippen LogP contribution in [0.4, 0.5) is 8.78 Å². The van der Waals surface area contributed by atoms with Crippen molar-refractivity contribution < 1.29 is 8.78 Å². The van der Waals surface area contributed by atoms with E-state index in [1.165, 1.54) is 12.1 Å². The average Bonchev–Trinajstić information content (AvgIpc) is 2.42.